The summed E-state index contributed by atoms with van der Waals surface area (Å²) in [6.45, 7) is 0. The van der Waals surface area contributed by atoms with Crippen LogP contribution in [0.25, 0.3) is 15.9 Å². The van der Waals surface area contributed by atoms with Gasteiger partial charge in [-0.25, -0.2) is 9.36 Å². The van der Waals surface area contributed by atoms with Gasteiger partial charge < -0.3 is 5.73 Å². The van der Waals surface area contributed by atoms with Crippen LogP contribution in [-0.2, 0) is 12.8 Å². The second-order valence-corrected chi connectivity index (χ2v) is 7.00. The fourth-order valence-electron chi connectivity index (χ4n) is 3.09. The zero-order chi connectivity index (χ0) is 15.3. The number of anilines is 1. The average Bonchev–Trinajstić information content (AvgIpc) is 2.87. The molecule has 4 rings (SSSR count). The first-order valence-electron chi connectivity index (χ1n) is 7.24. The second-order valence-electron chi connectivity index (χ2n) is 5.48. The van der Waals surface area contributed by atoms with Crippen molar-refractivity contribution in [2.24, 2.45) is 0 Å². The van der Waals surface area contributed by atoms with Crippen molar-refractivity contribution in [2.45, 2.75) is 25.7 Å². The molecule has 2 N–H and O–H groups in total. The minimum atomic E-state index is -0.342. The Hall–Kier alpha value is -1.85. The van der Waals surface area contributed by atoms with Crippen LogP contribution in [0.5, 0.6) is 0 Å². The van der Waals surface area contributed by atoms with E-state index in [4.69, 9.17) is 17.3 Å². The fourth-order valence-corrected chi connectivity index (χ4v) is 4.47. The highest BCUT2D eigenvalue weighted by molar-refractivity contribution is 7.19. The molecule has 1 aromatic carbocycles. The lowest BCUT2D eigenvalue weighted by Crippen LogP contribution is -2.24. The molecule has 0 radical (unpaired) electrons. The molecule has 2 heterocycles. The maximum Gasteiger partial charge on any atom is 0.355 e. The molecule has 1 aliphatic rings. The first kappa shape index (κ1) is 13.8. The first-order valence-corrected chi connectivity index (χ1v) is 8.43. The van der Waals surface area contributed by atoms with Gasteiger partial charge in [0.25, 0.3) is 0 Å². The van der Waals surface area contributed by atoms with E-state index in [-0.39, 0.29) is 5.69 Å². The molecule has 2 aromatic heterocycles. The van der Waals surface area contributed by atoms with Gasteiger partial charge >= 0.3 is 5.69 Å². The lowest BCUT2D eigenvalue weighted by Gasteiger charge is -2.13. The third-order valence-electron chi connectivity index (χ3n) is 4.12. The van der Waals surface area contributed by atoms with Crippen molar-refractivity contribution in [3.63, 3.8) is 0 Å². The maximum atomic E-state index is 12.4. The summed E-state index contributed by atoms with van der Waals surface area (Å²) in [7, 11) is 0. The number of nitrogens with two attached hydrogens (primary N) is 1. The summed E-state index contributed by atoms with van der Waals surface area (Å²) in [4.78, 5) is 18.7. The van der Waals surface area contributed by atoms with E-state index in [1.54, 1.807) is 35.6 Å². The van der Waals surface area contributed by atoms with E-state index in [1.165, 1.54) is 27.8 Å². The van der Waals surface area contributed by atoms with Crippen LogP contribution in [0.1, 0.15) is 23.3 Å². The highest BCUT2D eigenvalue weighted by Crippen LogP contribution is 2.37. The molecule has 112 valence electrons. The standard InChI is InChI=1S/C16H14ClN3OS/c17-9-5-7-10(8-6-9)20-14(18)13-11-3-1-2-4-12(11)22-15(13)19-16(20)21/h5-8H,1-4,18H2. The third kappa shape index (κ3) is 2.04. The van der Waals surface area contributed by atoms with E-state index in [0.717, 1.165) is 23.1 Å². The Balaban J connectivity index is 2.03. The number of hydrogen-bond donors (Lipinski definition) is 1. The van der Waals surface area contributed by atoms with Crippen molar-refractivity contribution in [3.8, 4) is 5.69 Å². The van der Waals surface area contributed by atoms with Crippen LogP contribution >= 0.6 is 22.9 Å². The highest BCUT2D eigenvalue weighted by Gasteiger charge is 2.21. The molecule has 4 nitrogen and oxygen atoms in total. The number of hydrogen-bond acceptors (Lipinski definition) is 4. The quantitative estimate of drug-likeness (QED) is 0.741. The van der Waals surface area contributed by atoms with Crippen LogP contribution in [0.2, 0.25) is 5.02 Å². The van der Waals surface area contributed by atoms with Gasteiger partial charge in [0.2, 0.25) is 0 Å². The first-order chi connectivity index (χ1) is 10.6. The number of aryl methyl sites for hydroxylation is 2. The molecule has 6 heteroatoms. The molecule has 0 saturated carbocycles. The van der Waals surface area contributed by atoms with Crippen LogP contribution < -0.4 is 11.4 Å². The summed E-state index contributed by atoms with van der Waals surface area (Å²) in [5, 5.41) is 1.58. The second kappa shape index (κ2) is 5.11. The summed E-state index contributed by atoms with van der Waals surface area (Å²) < 4.78 is 1.47. The number of halogens is 1. The summed E-state index contributed by atoms with van der Waals surface area (Å²) in [5.74, 6) is 0.483. The Morgan fingerprint density at radius 3 is 2.68 bits per heavy atom. The van der Waals surface area contributed by atoms with Gasteiger partial charge in [-0.3, -0.25) is 0 Å². The van der Waals surface area contributed by atoms with Crippen molar-refractivity contribution in [3.05, 3.63) is 50.2 Å². The highest BCUT2D eigenvalue weighted by atomic mass is 35.5. The summed E-state index contributed by atoms with van der Waals surface area (Å²) in [6.07, 6.45) is 4.43. The van der Waals surface area contributed by atoms with Crippen molar-refractivity contribution in [1.82, 2.24) is 9.55 Å². The molecule has 0 atom stereocenters. The van der Waals surface area contributed by atoms with Gasteiger partial charge in [-0.05, 0) is 55.5 Å². The van der Waals surface area contributed by atoms with Crippen molar-refractivity contribution in [2.75, 3.05) is 5.73 Å². The average molecular weight is 332 g/mol. The Labute approximate surface area is 136 Å². The van der Waals surface area contributed by atoms with Crippen LogP contribution in [-0.4, -0.2) is 9.55 Å². The normalized spacial score (nSPS) is 14.2. The lowest BCUT2D eigenvalue weighted by molar-refractivity contribution is 0.700. The zero-order valence-electron chi connectivity index (χ0n) is 11.8. The number of fused-ring (bicyclic) bond motifs is 3. The molecule has 0 fully saturated rings. The van der Waals surface area contributed by atoms with Crippen molar-refractivity contribution in [1.29, 1.82) is 0 Å². The minimum absolute atomic E-state index is 0.342. The van der Waals surface area contributed by atoms with Crippen LogP contribution in [0.3, 0.4) is 0 Å². The molecule has 22 heavy (non-hydrogen) atoms. The SMILES string of the molecule is Nc1c2c3c(sc2nc(=O)n1-c1ccc(Cl)cc1)CCCC3. The van der Waals surface area contributed by atoms with E-state index in [1.807, 2.05) is 0 Å². The Morgan fingerprint density at radius 2 is 1.91 bits per heavy atom. The molecular weight excluding hydrogens is 318 g/mol. The van der Waals surface area contributed by atoms with Gasteiger partial charge in [0.05, 0.1) is 11.1 Å². The Kier molecular flexibility index (Phi) is 3.20. The van der Waals surface area contributed by atoms with E-state index in [9.17, 15) is 4.79 Å². The van der Waals surface area contributed by atoms with Gasteiger partial charge in [0.1, 0.15) is 10.6 Å². The molecule has 1 aliphatic carbocycles. The zero-order valence-corrected chi connectivity index (χ0v) is 13.4. The number of nitrogen functional groups attached to an aromatic ring is 1. The number of thiophene rings is 1. The molecule has 0 unspecified atom stereocenters. The van der Waals surface area contributed by atoms with E-state index >= 15 is 0 Å². The summed E-state index contributed by atoms with van der Waals surface area (Å²) >= 11 is 7.53. The Bertz CT molecular complexity index is 927. The monoisotopic (exact) mass is 331 g/mol. The fraction of sp³-hybridized carbons (Fsp3) is 0.250. The predicted octanol–water partition coefficient (Wildman–Crippen LogP) is 3.56. The summed E-state index contributed by atoms with van der Waals surface area (Å²) in [6, 6.07) is 7.06. The molecule has 0 aliphatic heterocycles. The van der Waals surface area contributed by atoms with Crippen LogP contribution in [0.15, 0.2) is 29.1 Å². The topological polar surface area (TPSA) is 60.9 Å². The van der Waals surface area contributed by atoms with Crippen molar-refractivity contribution < 1.29 is 0 Å². The maximum absolute atomic E-state index is 12.4. The van der Waals surface area contributed by atoms with Gasteiger partial charge in [-0.15, -0.1) is 11.3 Å². The molecule has 3 aromatic rings. The van der Waals surface area contributed by atoms with E-state index in [0.29, 0.717) is 16.5 Å². The number of rotatable bonds is 1. The minimum Gasteiger partial charge on any atom is -0.384 e. The van der Waals surface area contributed by atoms with Crippen LogP contribution in [0.4, 0.5) is 5.82 Å². The van der Waals surface area contributed by atoms with Gasteiger partial charge in [-0.1, -0.05) is 11.6 Å². The molecule has 0 bridgehead atoms. The van der Waals surface area contributed by atoms with Gasteiger partial charge in [0, 0.05) is 9.90 Å². The van der Waals surface area contributed by atoms with Crippen LogP contribution in [0, 0.1) is 0 Å². The van der Waals surface area contributed by atoms with Crippen molar-refractivity contribution >= 4 is 39.0 Å². The molecule has 0 amide bonds. The van der Waals surface area contributed by atoms with Gasteiger partial charge in [0.15, 0.2) is 0 Å². The van der Waals surface area contributed by atoms with E-state index < -0.39 is 0 Å². The predicted molar refractivity (Wildman–Crippen MR) is 91.3 cm³/mol. The third-order valence-corrected chi connectivity index (χ3v) is 5.56. The molecule has 0 spiro atoms. The number of nitrogens with zero attached hydrogens (tertiary/aromatic N) is 2. The Morgan fingerprint density at radius 1 is 1.18 bits per heavy atom. The summed E-state index contributed by atoms with van der Waals surface area (Å²) in [5.41, 5.74) is 7.98. The molecule has 0 saturated heterocycles. The van der Waals surface area contributed by atoms with E-state index in [2.05, 4.69) is 4.98 Å². The largest absolute Gasteiger partial charge is 0.384 e. The lowest BCUT2D eigenvalue weighted by atomic mass is 9.97. The number of benzene rings is 1. The molecular formula is C16H14ClN3OS. The number of aromatic nitrogens is 2. The smallest absolute Gasteiger partial charge is 0.355 e. The van der Waals surface area contributed by atoms with Gasteiger partial charge in [-0.2, -0.15) is 4.98 Å².